The second kappa shape index (κ2) is 8.20. The van der Waals surface area contributed by atoms with Crippen molar-refractivity contribution < 1.29 is 14.4 Å². The number of ketones is 3. The van der Waals surface area contributed by atoms with Gasteiger partial charge in [0, 0.05) is 19.3 Å². The summed E-state index contributed by atoms with van der Waals surface area (Å²) in [6, 6.07) is 0. The Hall–Kier alpha value is -0.990. The van der Waals surface area contributed by atoms with E-state index in [4.69, 9.17) is 0 Å². The van der Waals surface area contributed by atoms with Gasteiger partial charge in [0.15, 0.2) is 0 Å². The fourth-order valence-corrected chi connectivity index (χ4v) is 1.66. The van der Waals surface area contributed by atoms with E-state index in [0.717, 1.165) is 19.3 Å². The van der Waals surface area contributed by atoms with Crippen molar-refractivity contribution in [3.63, 3.8) is 0 Å². The topological polar surface area (TPSA) is 51.2 Å². The van der Waals surface area contributed by atoms with Gasteiger partial charge in [0.1, 0.15) is 17.3 Å². The van der Waals surface area contributed by atoms with Gasteiger partial charge in [-0.3, -0.25) is 0 Å². The maximum absolute atomic E-state index is 10.9. The zero-order valence-corrected chi connectivity index (χ0v) is 10.5. The Morgan fingerprint density at radius 1 is 0.688 bits per heavy atom. The number of carbonyl (C=O) groups is 3. The molecule has 0 rings (SSSR count). The van der Waals surface area contributed by atoms with E-state index in [1.165, 1.54) is 0 Å². The Bertz CT molecular complexity index is 213. The standard InChI is InChI=1S/C13H22O3/c1-10(14)4-7-13(8-5-11(2)15)9-6-12(3)16/h13H,4-9H2,1-3H3. The summed E-state index contributed by atoms with van der Waals surface area (Å²) in [6.07, 6.45) is 4.07. The fourth-order valence-electron chi connectivity index (χ4n) is 1.66. The molecular weight excluding hydrogens is 204 g/mol. The first-order chi connectivity index (χ1) is 7.41. The molecule has 0 aliphatic carbocycles. The summed E-state index contributed by atoms with van der Waals surface area (Å²) >= 11 is 0. The van der Waals surface area contributed by atoms with Crippen LogP contribution in [0.25, 0.3) is 0 Å². The van der Waals surface area contributed by atoms with E-state index in [0.29, 0.717) is 25.2 Å². The fraction of sp³-hybridized carbons (Fsp3) is 0.769. The predicted octanol–water partition coefficient (Wildman–Crippen LogP) is 2.71. The molecule has 0 radical (unpaired) electrons. The first kappa shape index (κ1) is 15.0. The first-order valence-electron chi connectivity index (χ1n) is 5.90. The third-order valence-electron chi connectivity index (χ3n) is 2.71. The van der Waals surface area contributed by atoms with Crippen LogP contribution in [0.2, 0.25) is 0 Å². The molecule has 0 aliphatic rings. The Morgan fingerprint density at radius 2 is 0.938 bits per heavy atom. The predicted molar refractivity (Wildman–Crippen MR) is 63.2 cm³/mol. The number of hydrogen-bond donors (Lipinski definition) is 0. The van der Waals surface area contributed by atoms with Crippen LogP contribution in [-0.2, 0) is 14.4 Å². The van der Waals surface area contributed by atoms with Gasteiger partial charge in [0.05, 0.1) is 0 Å². The molecule has 0 aromatic carbocycles. The smallest absolute Gasteiger partial charge is 0.129 e. The van der Waals surface area contributed by atoms with E-state index >= 15 is 0 Å². The molecule has 0 atom stereocenters. The van der Waals surface area contributed by atoms with Crippen LogP contribution in [0, 0.1) is 5.92 Å². The summed E-state index contributed by atoms with van der Waals surface area (Å²) in [5.74, 6) is 0.860. The lowest BCUT2D eigenvalue weighted by Crippen LogP contribution is -2.07. The normalized spacial score (nSPS) is 10.5. The lowest BCUT2D eigenvalue weighted by molar-refractivity contribution is -0.117. The lowest BCUT2D eigenvalue weighted by Gasteiger charge is -2.14. The highest BCUT2D eigenvalue weighted by molar-refractivity contribution is 5.76. The molecule has 0 fully saturated rings. The average Bonchev–Trinajstić information content (AvgIpc) is 2.15. The quantitative estimate of drug-likeness (QED) is 0.607. The van der Waals surface area contributed by atoms with Gasteiger partial charge in [0.25, 0.3) is 0 Å². The third kappa shape index (κ3) is 9.56. The van der Waals surface area contributed by atoms with Crippen molar-refractivity contribution in [3.05, 3.63) is 0 Å². The van der Waals surface area contributed by atoms with Crippen molar-refractivity contribution >= 4 is 17.3 Å². The van der Waals surface area contributed by atoms with Crippen molar-refractivity contribution in [2.24, 2.45) is 5.92 Å². The molecule has 3 heteroatoms. The van der Waals surface area contributed by atoms with Crippen LogP contribution >= 0.6 is 0 Å². The van der Waals surface area contributed by atoms with Crippen LogP contribution in [-0.4, -0.2) is 17.3 Å². The summed E-state index contributed by atoms with van der Waals surface area (Å²) in [7, 11) is 0. The lowest BCUT2D eigenvalue weighted by atomic mass is 9.90. The zero-order valence-electron chi connectivity index (χ0n) is 10.5. The molecule has 16 heavy (non-hydrogen) atoms. The van der Waals surface area contributed by atoms with Crippen LogP contribution in [0.5, 0.6) is 0 Å². The number of rotatable bonds is 9. The molecule has 0 aromatic rings. The van der Waals surface area contributed by atoms with E-state index in [1.54, 1.807) is 20.8 Å². The summed E-state index contributed by atoms with van der Waals surface area (Å²) in [6.45, 7) is 4.73. The molecular formula is C13H22O3. The molecule has 0 heterocycles. The SMILES string of the molecule is CC(=O)CCC(CCC(C)=O)CCC(C)=O. The minimum absolute atomic E-state index is 0.177. The second-order valence-electron chi connectivity index (χ2n) is 4.59. The van der Waals surface area contributed by atoms with Gasteiger partial charge in [-0.1, -0.05) is 0 Å². The molecule has 0 saturated carbocycles. The molecule has 3 nitrogen and oxygen atoms in total. The van der Waals surface area contributed by atoms with E-state index in [-0.39, 0.29) is 17.3 Å². The van der Waals surface area contributed by atoms with Gasteiger partial charge >= 0.3 is 0 Å². The second-order valence-corrected chi connectivity index (χ2v) is 4.59. The summed E-state index contributed by atoms with van der Waals surface area (Å²) in [5.41, 5.74) is 0. The van der Waals surface area contributed by atoms with Gasteiger partial charge in [-0.05, 0) is 46.0 Å². The van der Waals surface area contributed by atoms with E-state index in [9.17, 15) is 14.4 Å². The monoisotopic (exact) mass is 226 g/mol. The summed E-state index contributed by atoms with van der Waals surface area (Å²) in [5, 5.41) is 0. The van der Waals surface area contributed by atoms with Gasteiger partial charge in [0.2, 0.25) is 0 Å². The van der Waals surface area contributed by atoms with Crippen LogP contribution in [0.4, 0.5) is 0 Å². The van der Waals surface area contributed by atoms with Crippen LogP contribution < -0.4 is 0 Å². The van der Waals surface area contributed by atoms with Crippen LogP contribution in [0.3, 0.4) is 0 Å². The molecule has 0 amide bonds. The summed E-state index contributed by atoms with van der Waals surface area (Å²) < 4.78 is 0. The van der Waals surface area contributed by atoms with Gasteiger partial charge in [-0.2, -0.15) is 0 Å². The largest absolute Gasteiger partial charge is 0.300 e. The van der Waals surface area contributed by atoms with Crippen molar-refractivity contribution in [3.8, 4) is 0 Å². The molecule has 0 N–H and O–H groups in total. The Labute approximate surface area is 97.6 Å². The van der Waals surface area contributed by atoms with Gasteiger partial charge < -0.3 is 14.4 Å². The van der Waals surface area contributed by atoms with Crippen molar-refractivity contribution in [2.75, 3.05) is 0 Å². The molecule has 0 saturated heterocycles. The number of Topliss-reactive ketones (excluding diaryl/α,β-unsaturated/α-hetero) is 3. The number of carbonyl (C=O) groups excluding carboxylic acids is 3. The zero-order chi connectivity index (χ0) is 12.6. The minimum atomic E-state index is 0.177. The molecule has 0 aromatic heterocycles. The highest BCUT2D eigenvalue weighted by Gasteiger charge is 2.12. The van der Waals surface area contributed by atoms with Gasteiger partial charge in [-0.25, -0.2) is 0 Å². The van der Waals surface area contributed by atoms with Crippen LogP contribution in [0.15, 0.2) is 0 Å². The molecule has 0 bridgehead atoms. The van der Waals surface area contributed by atoms with Crippen molar-refractivity contribution in [1.29, 1.82) is 0 Å². The Balaban J connectivity index is 3.98. The summed E-state index contributed by atoms with van der Waals surface area (Å²) in [4.78, 5) is 32.7. The molecule has 0 aliphatic heterocycles. The third-order valence-corrected chi connectivity index (χ3v) is 2.71. The Morgan fingerprint density at radius 3 is 1.12 bits per heavy atom. The average molecular weight is 226 g/mol. The van der Waals surface area contributed by atoms with Crippen molar-refractivity contribution in [2.45, 2.75) is 59.3 Å². The number of hydrogen-bond acceptors (Lipinski definition) is 3. The van der Waals surface area contributed by atoms with E-state index < -0.39 is 0 Å². The highest BCUT2D eigenvalue weighted by atomic mass is 16.1. The van der Waals surface area contributed by atoms with E-state index in [2.05, 4.69) is 0 Å². The van der Waals surface area contributed by atoms with Gasteiger partial charge in [-0.15, -0.1) is 0 Å². The van der Waals surface area contributed by atoms with Crippen LogP contribution in [0.1, 0.15) is 59.3 Å². The maximum atomic E-state index is 10.9. The first-order valence-corrected chi connectivity index (χ1v) is 5.90. The highest BCUT2D eigenvalue weighted by Crippen LogP contribution is 2.20. The maximum Gasteiger partial charge on any atom is 0.129 e. The minimum Gasteiger partial charge on any atom is -0.300 e. The molecule has 0 spiro atoms. The van der Waals surface area contributed by atoms with Crippen molar-refractivity contribution in [1.82, 2.24) is 0 Å². The Kier molecular flexibility index (Phi) is 7.69. The van der Waals surface area contributed by atoms with E-state index in [1.807, 2.05) is 0 Å². The molecule has 92 valence electrons. The molecule has 0 unspecified atom stereocenters.